The Morgan fingerprint density at radius 1 is 0.357 bits per heavy atom. The Bertz CT molecular complexity index is 3390. The monoisotopic (exact) mass is 1120 g/mol. The van der Waals surface area contributed by atoms with E-state index in [1.165, 1.54) is 41.5 Å². The highest BCUT2D eigenvalue weighted by atomic mass is 16.5. The minimum absolute atomic E-state index is 0.00326. The van der Waals surface area contributed by atoms with Gasteiger partial charge in [-0.15, -0.1) is 0 Å². The molecule has 1 aliphatic rings. The zero-order valence-electron chi connectivity index (χ0n) is 51.6. The largest absolute Gasteiger partial charge is 0.488 e. The number of carbonyl (C=O) groups excluding carboxylic acids is 2. The lowest BCUT2D eigenvalue weighted by Crippen LogP contribution is -2.54. The topological polar surface area (TPSA) is 71.1 Å². The van der Waals surface area contributed by atoms with Gasteiger partial charge in [0, 0.05) is 33.1 Å². The van der Waals surface area contributed by atoms with Gasteiger partial charge in [0.2, 0.25) is 0 Å². The van der Waals surface area contributed by atoms with Gasteiger partial charge < -0.3 is 18.9 Å². The maximum Gasteiger partial charge on any atom is 0.193 e. The third-order valence-corrected chi connectivity index (χ3v) is 19.8. The highest BCUT2D eigenvalue weighted by molar-refractivity contribution is 6.09. The molecule has 0 aromatic heterocycles. The van der Waals surface area contributed by atoms with Crippen LogP contribution in [0.1, 0.15) is 207 Å². The summed E-state index contributed by atoms with van der Waals surface area (Å²) < 4.78 is 26.2. The van der Waals surface area contributed by atoms with Crippen LogP contribution in [0, 0.1) is 0 Å². The van der Waals surface area contributed by atoms with Crippen LogP contribution in [0.2, 0.25) is 0 Å². The van der Waals surface area contributed by atoms with E-state index in [0.29, 0.717) is 39.5 Å². The Labute approximate surface area is 502 Å². The third-order valence-electron chi connectivity index (χ3n) is 19.8. The van der Waals surface area contributed by atoms with Gasteiger partial charge in [-0.05, 0) is 207 Å². The van der Waals surface area contributed by atoms with Gasteiger partial charge in [0.25, 0.3) is 0 Å². The molecule has 0 amide bonds. The van der Waals surface area contributed by atoms with Crippen LogP contribution in [0.15, 0.2) is 194 Å². The normalized spacial score (nSPS) is 13.7. The first-order chi connectivity index (χ1) is 40.6. The number of ether oxygens (including phenoxy) is 4. The van der Waals surface area contributed by atoms with Crippen molar-refractivity contribution in [2.75, 3.05) is 0 Å². The summed E-state index contributed by atoms with van der Waals surface area (Å²) in [5, 5.41) is 0. The molecule has 8 aromatic rings. The predicted molar refractivity (Wildman–Crippen MR) is 345 cm³/mol. The van der Waals surface area contributed by atoms with Gasteiger partial charge in [0.1, 0.15) is 45.7 Å². The number of ketones is 2. The molecule has 1 aliphatic carbocycles. The Balaban J connectivity index is 0.814. The van der Waals surface area contributed by atoms with Gasteiger partial charge in [-0.3, -0.25) is 9.59 Å². The van der Waals surface area contributed by atoms with Crippen molar-refractivity contribution >= 4 is 11.6 Å². The second kappa shape index (κ2) is 26.5. The van der Waals surface area contributed by atoms with Gasteiger partial charge in [0.15, 0.2) is 11.6 Å². The van der Waals surface area contributed by atoms with Crippen molar-refractivity contribution in [1.82, 2.24) is 0 Å². The van der Waals surface area contributed by atoms with Crippen LogP contribution in [0.4, 0.5) is 0 Å². The maximum atomic E-state index is 14.0. The number of hydrogen-bond acceptors (Lipinski definition) is 6. The summed E-state index contributed by atoms with van der Waals surface area (Å²) in [7, 11) is 0. The van der Waals surface area contributed by atoms with Crippen molar-refractivity contribution in [2.24, 2.45) is 0 Å². The SMILES string of the molecule is CCC(C)(CC)Oc1ccc(C2(c3ccc(Oc4ccc(C(=O)c5ccc(C(CC)(CC)C(CC)(CC)Oc6ccc(-c7ccc(Oc8ccc(C(=O)c9ccc(C(C)(CC)CC)cc9)cc8)cc7)cc6)cc5)cc4)cc3)CCCCC2)cc1. The first-order valence-electron chi connectivity index (χ1n) is 31.3. The second-order valence-electron chi connectivity index (χ2n) is 23.9. The molecular weight excluding hydrogens is 1030 g/mol. The van der Waals surface area contributed by atoms with Gasteiger partial charge in [-0.2, -0.15) is 0 Å². The van der Waals surface area contributed by atoms with Gasteiger partial charge in [0.05, 0.1) is 0 Å². The maximum absolute atomic E-state index is 14.0. The standard InChI is InChI=1S/C78H88O6/c1-11-74(9,12-2)62-34-22-58(23-35-62)72(79)60-30-44-67(45-31-60)81-66-42-26-56(27-43-66)57-28-48-71(49-29-57)84-78(17-7,18-8)77(15-5,16-6)65-36-24-59(25-37-65)73(80)61-32-46-68(47-33-61)82-69-50-38-63(39-51-69)76(54-20-19-21-55-76)64-40-52-70(53-41-64)83-75(10,13-3)14-4/h22-53H,11-21,54-55H2,1-10H3. The van der Waals surface area contributed by atoms with E-state index in [4.69, 9.17) is 18.9 Å². The fraction of sp³-hybridized carbons (Fsp3) is 0.359. The number of hydrogen-bond donors (Lipinski definition) is 0. The first-order valence-corrected chi connectivity index (χ1v) is 31.3. The Hall–Kier alpha value is -7.70. The van der Waals surface area contributed by atoms with Crippen LogP contribution >= 0.6 is 0 Å². The van der Waals surface area contributed by atoms with Crippen molar-refractivity contribution in [3.8, 4) is 45.6 Å². The third kappa shape index (κ3) is 12.7. The van der Waals surface area contributed by atoms with Gasteiger partial charge in [-0.1, -0.05) is 179 Å². The lowest BCUT2D eigenvalue weighted by Gasteiger charge is -2.50. The molecule has 0 saturated heterocycles. The van der Waals surface area contributed by atoms with Crippen LogP contribution in [-0.4, -0.2) is 22.8 Å². The predicted octanol–water partition coefficient (Wildman–Crippen LogP) is 21.4. The average molecular weight is 1120 g/mol. The van der Waals surface area contributed by atoms with Crippen molar-refractivity contribution < 1.29 is 28.5 Å². The number of carbonyl (C=O) groups is 2. The molecule has 0 atom stereocenters. The Morgan fingerprint density at radius 3 is 1.06 bits per heavy atom. The number of rotatable bonds is 26. The molecule has 0 unspecified atom stereocenters. The van der Waals surface area contributed by atoms with Crippen LogP contribution in [-0.2, 0) is 16.2 Å². The molecule has 0 radical (unpaired) electrons. The van der Waals surface area contributed by atoms with Crippen LogP contribution in [0.3, 0.4) is 0 Å². The Kier molecular flexibility index (Phi) is 19.2. The van der Waals surface area contributed by atoms with E-state index in [0.717, 1.165) is 92.6 Å². The summed E-state index contributed by atoms with van der Waals surface area (Å²) >= 11 is 0. The fourth-order valence-corrected chi connectivity index (χ4v) is 13.2. The quantitative estimate of drug-likeness (QED) is 0.0503. The minimum Gasteiger partial charge on any atom is -0.488 e. The summed E-state index contributed by atoms with van der Waals surface area (Å²) in [5.74, 6) is 4.55. The van der Waals surface area contributed by atoms with Crippen molar-refractivity contribution in [3.05, 3.63) is 239 Å². The van der Waals surface area contributed by atoms with E-state index in [2.05, 4.69) is 178 Å². The van der Waals surface area contributed by atoms with Crippen molar-refractivity contribution in [3.63, 3.8) is 0 Å². The van der Waals surface area contributed by atoms with E-state index >= 15 is 0 Å². The molecule has 0 spiro atoms. The minimum atomic E-state index is -0.508. The Morgan fingerprint density at radius 2 is 0.690 bits per heavy atom. The molecule has 9 rings (SSSR count). The van der Waals surface area contributed by atoms with Crippen molar-refractivity contribution in [1.29, 1.82) is 0 Å². The van der Waals surface area contributed by atoms with Crippen LogP contribution in [0.25, 0.3) is 11.1 Å². The first kappa shape index (κ1) is 60.9. The molecule has 6 nitrogen and oxygen atoms in total. The summed E-state index contributed by atoms with van der Waals surface area (Å²) in [6.45, 7) is 22.2. The van der Waals surface area contributed by atoms with Crippen LogP contribution < -0.4 is 18.9 Å². The average Bonchev–Trinajstić information content (AvgIpc) is 2.09. The number of benzene rings is 8. The highest BCUT2D eigenvalue weighted by Gasteiger charge is 2.50. The lowest BCUT2D eigenvalue weighted by molar-refractivity contribution is -0.0283. The van der Waals surface area contributed by atoms with Crippen molar-refractivity contribution in [2.45, 2.75) is 180 Å². The molecule has 6 heteroatoms. The van der Waals surface area contributed by atoms with E-state index < -0.39 is 5.60 Å². The molecular formula is C78H88O6. The molecule has 0 N–H and O–H groups in total. The van der Waals surface area contributed by atoms with E-state index in [9.17, 15) is 9.59 Å². The molecule has 0 heterocycles. The van der Waals surface area contributed by atoms with E-state index in [1.807, 2.05) is 84.9 Å². The van der Waals surface area contributed by atoms with E-state index in [-0.39, 0.29) is 33.4 Å². The second-order valence-corrected chi connectivity index (χ2v) is 23.9. The smallest absolute Gasteiger partial charge is 0.193 e. The molecule has 436 valence electrons. The molecule has 0 aliphatic heterocycles. The molecule has 8 aromatic carbocycles. The zero-order valence-corrected chi connectivity index (χ0v) is 51.6. The molecule has 1 saturated carbocycles. The summed E-state index contributed by atoms with van der Waals surface area (Å²) in [5.41, 5.74) is 8.87. The van der Waals surface area contributed by atoms with Gasteiger partial charge >= 0.3 is 0 Å². The fourth-order valence-electron chi connectivity index (χ4n) is 13.2. The molecule has 84 heavy (non-hydrogen) atoms. The van der Waals surface area contributed by atoms with Crippen LogP contribution in [0.5, 0.6) is 34.5 Å². The zero-order chi connectivity index (χ0) is 59.5. The van der Waals surface area contributed by atoms with Gasteiger partial charge in [-0.25, -0.2) is 0 Å². The summed E-state index contributed by atoms with van der Waals surface area (Å²) in [6.07, 6.45) is 13.3. The summed E-state index contributed by atoms with van der Waals surface area (Å²) in [4.78, 5) is 27.4. The molecule has 0 bridgehead atoms. The van der Waals surface area contributed by atoms with E-state index in [1.54, 1.807) is 0 Å². The lowest BCUT2D eigenvalue weighted by atomic mass is 9.61. The summed E-state index contributed by atoms with van der Waals surface area (Å²) in [6, 6.07) is 65.2. The highest BCUT2D eigenvalue weighted by Crippen LogP contribution is 2.49. The molecule has 1 fully saturated rings.